The Bertz CT molecular complexity index is 23.4. The lowest BCUT2D eigenvalue weighted by Gasteiger charge is -1.98. The predicted molar refractivity (Wildman–Crippen MR) is 34.3 cm³/mol. The number of rotatable bonds is 4. The van der Waals surface area contributed by atoms with E-state index in [1.807, 2.05) is 0 Å². The van der Waals surface area contributed by atoms with Gasteiger partial charge in [-0.2, -0.15) is 6.42 Å². The molecule has 0 spiro atoms. The van der Waals surface area contributed by atoms with E-state index in [1.165, 1.54) is 19.3 Å². The first-order valence-electron chi connectivity index (χ1n) is 2.83. The van der Waals surface area contributed by atoms with Gasteiger partial charge in [-0.15, -0.1) is 0 Å². The summed E-state index contributed by atoms with van der Waals surface area (Å²) in [5.74, 6) is 1.70. The van der Waals surface area contributed by atoms with Crippen LogP contribution in [-0.4, -0.2) is 0 Å². The minimum atomic E-state index is 1.06. The molecule has 0 aliphatic carbocycles. The van der Waals surface area contributed by atoms with Crippen LogP contribution in [0, 0.1) is 5.88 Å². The van der Waals surface area contributed by atoms with E-state index >= 15 is 0 Å². The monoisotopic (exact) mass is 119 g/mol. The third kappa shape index (κ3) is 6.29. The van der Waals surface area contributed by atoms with Gasteiger partial charge >= 0.3 is 0 Å². The zero-order valence-electron chi connectivity index (χ0n) is 4.78. The maximum Gasteiger partial charge on any atom is -0.0560 e. The highest BCUT2D eigenvalue weighted by Gasteiger charge is 1.74. The van der Waals surface area contributed by atoms with E-state index in [-0.39, 0.29) is 0 Å². The summed E-state index contributed by atoms with van der Waals surface area (Å²) < 4.78 is 0. The highest BCUT2D eigenvalue weighted by atomic mass is 35.5. The molecular formula is C6H12Cl-. The van der Waals surface area contributed by atoms with Crippen LogP contribution in [0.15, 0.2) is 0 Å². The summed E-state index contributed by atoms with van der Waals surface area (Å²) in [5, 5.41) is 0. The molecule has 0 aliphatic heterocycles. The summed E-state index contributed by atoms with van der Waals surface area (Å²) in [4.78, 5) is 0. The Morgan fingerprint density at radius 2 is 2.14 bits per heavy atom. The molecule has 0 atom stereocenters. The van der Waals surface area contributed by atoms with Gasteiger partial charge in [0.05, 0.1) is 0 Å². The van der Waals surface area contributed by atoms with Crippen molar-refractivity contribution in [1.29, 1.82) is 0 Å². The Kier molecular flexibility index (Phi) is 6.55. The second-order valence-corrected chi connectivity index (χ2v) is 1.96. The summed E-state index contributed by atoms with van der Waals surface area (Å²) in [5.41, 5.74) is 0. The maximum atomic E-state index is 5.31. The largest absolute Gasteiger partial charge is 0.349 e. The van der Waals surface area contributed by atoms with Crippen molar-refractivity contribution >= 4 is 11.6 Å². The van der Waals surface area contributed by atoms with Crippen LogP contribution in [0.4, 0.5) is 0 Å². The van der Waals surface area contributed by atoms with Crippen LogP contribution in [0.2, 0.25) is 0 Å². The molecule has 0 aromatic heterocycles. The molecule has 0 heterocycles. The smallest absolute Gasteiger partial charge is 0.0560 e. The van der Waals surface area contributed by atoms with E-state index in [4.69, 9.17) is 11.6 Å². The zero-order chi connectivity index (χ0) is 5.54. The molecule has 0 aromatic carbocycles. The lowest BCUT2D eigenvalue weighted by atomic mass is 10.2. The first-order valence-corrected chi connectivity index (χ1v) is 3.27. The van der Waals surface area contributed by atoms with Gasteiger partial charge in [0.15, 0.2) is 0 Å². The van der Waals surface area contributed by atoms with Crippen LogP contribution in [0.3, 0.4) is 0 Å². The third-order valence-electron chi connectivity index (χ3n) is 0.917. The number of halogens is 1. The maximum absolute atomic E-state index is 5.31. The van der Waals surface area contributed by atoms with Crippen molar-refractivity contribution in [2.24, 2.45) is 0 Å². The fourth-order valence-corrected chi connectivity index (χ4v) is 0.626. The van der Waals surface area contributed by atoms with Gasteiger partial charge < -0.3 is 11.6 Å². The Morgan fingerprint density at radius 1 is 1.43 bits per heavy atom. The molecule has 0 aromatic rings. The molecule has 0 aliphatic rings. The van der Waals surface area contributed by atoms with Crippen molar-refractivity contribution in [3.63, 3.8) is 0 Å². The van der Waals surface area contributed by atoms with Crippen molar-refractivity contribution in [2.75, 3.05) is 0 Å². The topological polar surface area (TPSA) is 0 Å². The SMILES string of the molecule is CCCCC[CH-]Cl. The van der Waals surface area contributed by atoms with Crippen molar-refractivity contribution in [2.45, 2.75) is 32.6 Å². The van der Waals surface area contributed by atoms with Crippen LogP contribution < -0.4 is 0 Å². The van der Waals surface area contributed by atoms with Gasteiger partial charge in [-0.05, 0) is 0 Å². The van der Waals surface area contributed by atoms with Gasteiger partial charge in [0.25, 0.3) is 0 Å². The minimum absolute atomic E-state index is 1.06. The first kappa shape index (κ1) is 7.29. The van der Waals surface area contributed by atoms with E-state index < -0.39 is 0 Å². The minimum Gasteiger partial charge on any atom is -0.349 e. The second kappa shape index (κ2) is 6.29. The summed E-state index contributed by atoms with van der Waals surface area (Å²) in [6, 6.07) is 0. The molecule has 0 radical (unpaired) electrons. The highest BCUT2D eigenvalue weighted by Crippen LogP contribution is 2.02. The lowest BCUT2D eigenvalue weighted by molar-refractivity contribution is 0.723. The van der Waals surface area contributed by atoms with Crippen molar-refractivity contribution in [3.05, 3.63) is 5.88 Å². The number of hydrogen-bond acceptors (Lipinski definition) is 0. The average molecular weight is 120 g/mol. The number of hydrogen-bond donors (Lipinski definition) is 0. The molecule has 0 unspecified atom stereocenters. The summed E-state index contributed by atoms with van der Waals surface area (Å²) >= 11 is 5.31. The Balaban J connectivity index is 2.45. The Labute approximate surface area is 50.9 Å². The fraction of sp³-hybridized carbons (Fsp3) is 0.833. The summed E-state index contributed by atoms with van der Waals surface area (Å²) in [6.07, 6.45) is 4.91. The quantitative estimate of drug-likeness (QED) is 0.394. The average Bonchev–Trinajstić information content (AvgIpc) is 1.69. The summed E-state index contributed by atoms with van der Waals surface area (Å²) in [7, 11) is 0. The Hall–Kier alpha value is 0.290. The van der Waals surface area contributed by atoms with Crippen molar-refractivity contribution in [3.8, 4) is 0 Å². The molecule has 7 heavy (non-hydrogen) atoms. The van der Waals surface area contributed by atoms with Crippen molar-refractivity contribution in [1.82, 2.24) is 0 Å². The number of unbranched alkanes of at least 4 members (excludes halogenated alkanes) is 3. The molecule has 44 valence electrons. The molecule has 0 N–H and O–H groups in total. The van der Waals surface area contributed by atoms with E-state index in [2.05, 4.69) is 6.92 Å². The third-order valence-corrected chi connectivity index (χ3v) is 1.14. The Morgan fingerprint density at radius 3 is 2.57 bits per heavy atom. The van der Waals surface area contributed by atoms with E-state index in [0.29, 0.717) is 0 Å². The van der Waals surface area contributed by atoms with Gasteiger partial charge in [-0.3, -0.25) is 0 Å². The molecule has 0 nitrogen and oxygen atoms in total. The zero-order valence-corrected chi connectivity index (χ0v) is 5.54. The molecule has 0 bridgehead atoms. The van der Waals surface area contributed by atoms with E-state index in [0.717, 1.165) is 6.42 Å². The predicted octanol–water partition coefficient (Wildman–Crippen LogP) is 2.97. The van der Waals surface area contributed by atoms with Crippen LogP contribution in [0.1, 0.15) is 32.6 Å². The molecule has 0 fully saturated rings. The lowest BCUT2D eigenvalue weighted by Crippen LogP contribution is -1.70. The molecule has 0 saturated heterocycles. The summed E-state index contributed by atoms with van der Waals surface area (Å²) in [6.45, 7) is 2.19. The van der Waals surface area contributed by atoms with Crippen molar-refractivity contribution < 1.29 is 0 Å². The van der Waals surface area contributed by atoms with Gasteiger partial charge in [0.1, 0.15) is 0 Å². The van der Waals surface area contributed by atoms with E-state index in [1.54, 1.807) is 5.88 Å². The molecule has 0 saturated carbocycles. The molecule has 0 rings (SSSR count). The van der Waals surface area contributed by atoms with Gasteiger partial charge in [-0.25, -0.2) is 5.88 Å². The fourth-order valence-electron chi connectivity index (χ4n) is 0.471. The van der Waals surface area contributed by atoms with Crippen LogP contribution >= 0.6 is 11.6 Å². The van der Waals surface area contributed by atoms with Crippen LogP contribution in [0.5, 0.6) is 0 Å². The van der Waals surface area contributed by atoms with Gasteiger partial charge in [0.2, 0.25) is 0 Å². The van der Waals surface area contributed by atoms with Gasteiger partial charge in [-0.1, -0.05) is 26.2 Å². The molecule has 1 heteroatoms. The van der Waals surface area contributed by atoms with E-state index in [9.17, 15) is 0 Å². The standard InChI is InChI=1S/C6H12Cl/c1-2-3-4-5-6-7/h6H,2-5H2,1H3/q-1. The molecular weight excluding hydrogens is 108 g/mol. The first-order chi connectivity index (χ1) is 3.41. The molecule has 0 amide bonds. The normalized spacial score (nSPS) is 9.43. The second-order valence-electron chi connectivity index (χ2n) is 1.65. The van der Waals surface area contributed by atoms with Gasteiger partial charge in [0, 0.05) is 0 Å². The highest BCUT2D eigenvalue weighted by molar-refractivity contribution is 6.23. The van der Waals surface area contributed by atoms with Crippen LogP contribution in [0.25, 0.3) is 0 Å². The van der Waals surface area contributed by atoms with Crippen LogP contribution in [-0.2, 0) is 0 Å².